The van der Waals surface area contributed by atoms with Crippen LogP contribution in [-0.4, -0.2) is 22.5 Å². The van der Waals surface area contributed by atoms with E-state index in [2.05, 4.69) is 16.7 Å². The molecule has 0 bridgehead atoms. The van der Waals surface area contributed by atoms with Gasteiger partial charge in [-0.1, -0.05) is 0 Å². The van der Waals surface area contributed by atoms with Crippen LogP contribution in [0, 0.1) is 13.8 Å². The minimum Gasteiger partial charge on any atom is -0.378 e. The van der Waals surface area contributed by atoms with Crippen LogP contribution in [0.2, 0.25) is 0 Å². The number of alkyl halides is 1. The number of nitrogens with zero attached hydrogens (tertiary/aromatic N) is 2. The summed E-state index contributed by atoms with van der Waals surface area (Å²) in [4.78, 5) is 0. The average molecular weight is 271 g/mol. The van der Waals surface area contributed by atoms with Gasteiger partial charge in [-0.25, -0.2) is 0 Å². The predicted octanol–water partition coefficient (Wildman–Crippen LogP) is 3.76. The second-order valence-corrected chi connectivity index (χ2v) is 5.86. The number of aromatic nitrogens is 2. The monoisotopic (exact) mass is 270 g/mol. The molecule has 1 fully saturated rings. The summed E-state index contributed by atoms with van der Waals surface area (Å²) in [7, 11) is 0. The lowest BCUT2D eigenvalue weighted by Gasteiger charge is -2.10. The Labute approximate surface area is 114 Å². The van der Waals surface area contributed by atoms with E-state index in [4.69, 9.17) is 16.3 Å². The third-order valence-electron chi connectivity index (χ3n) is 3.76. The van der Waals surface area contributed by atoms with Gasteiger partial charge in [-0.15, -0.1) is 11.6 Å². The van der Waals surface area contributed by atoms with Gasteiger partial charge in [0.25, 0.3) is 0 Å². The fourth-order valence-corrected chi connectivity index (χ4v) is 3.16. The fraction of sp³-hybridized carbons (Fsp3) is 0.786. The van der Waals surface area contributed by atoms with Crippen molar-refractivity contribution < 1.29 is 4.74 Å². The van der Waals surface area contributed by atoms with E-state index in [1.54, 1.807) is 0 Å². The molecule has 18 heavy (non-hydrogen) atoms. The van der Waals surface area contributed by atoms with Crippen LogP contribution in [0.1, 0.15) is 54.9 Å². The molecule has 102 valence electrons. The van der Waals surface area contributed by atoms with Gasteiger partial charge in [-0.05, 0) is 46.5 Å². The Morgan fingerprint density at radius 2 is 2.28 bits per heavy atom. The van der Waals surface area contributed by atoms with Gasteiger partial charge in [0.1, 0.15) is 0 Å². The molecule has 2 heterocycles. The molecule has 2 atom stereocenters. The number of ether oxygens (including phenoxy) is 1. The third-order valence-corrected chi connectivity index (χ3v) is 3.97. The maximum atomic E-state index is 6.19. The summed E-state index contributed by atoms with van der Waals surface area (Å²) < 4.78 is 7.73. The highest BCUT2D eigenvalue weighted by atomic mass is 35.5. The Morgan fingerprint density at radius 3 is 2.83 bits per heavy atom. The summed E-state index contributed by atoms with van der Waals surface area (Å²) >= 11 is 6.19. The molecular formula is C14H23ClN2O. The SMILES string of the molecule is Cc1nn(CCCC2CCCO2)c(C)c1C(C)Cl. The van der Waals surface area contributed by atoms with Gasteiger partial charge in [-0.2, -0.15) is 5.10 Å². The Kier molecular flexibility index (Phi) is 4.68. The largest absolute Gasteiger partial charge is 0.378 e. The smallest absolute Gasteiger partial charge is 0.0643 e. The van der Waals surface area contributed by atoms with Gasteiger partial charge in [0, 0.05) is 24.4 Å². The van der Waals surface area contributed by atoms with E-state index in [0.29, 0.717) is 6.10 Å². The normalized spacial score (nSPS) is 21.4. The third kappa shape index (κ3) is 3.07. The molecule has 0 saturated carbocycles. The van der Waals surface area contributed by atoms with Crippen LogP contribution < -0.4 is 0 Å². The van der Waals surface area contributed by atoms with Crippen molar-refractivity contribution in [2.45, 2.75) is 64.5 Å². The minimum atomic E-state index is 0.0388. The highest BCUT2D eigenvalue weighted by Crippen LogP contribution is 2.26. The molecule has 2 unspecified atom stereocenters. The van der Waals surface area contributed by atoms with E-state index in [9.17, 15) is 0 Å². The first-order chi connectivity index (χ1) is 8.59. The standard InChI is InChI=1S/C14H23ClN2O/c1-10(15)14-11(2)16-17(12(14)3)8-4-6-13-7-5-9-18-13/h10,13H,4-9H2,1-3H3. The van der Waals surface area contributed by atoms with Gasteiger partial charge in [0.2, 0.25) is 0 Å². The number of hydrogen-bond acceptors (Lipinski definition) is 2. The van der Waals surface area contributed by atoms with Crippen molar-refractivity contribution in [2.75, 3.05) is 6.61 Å². The average Bonchev–Trinajstić information content (AvgIpc) is 2.88. The molecule has 0 aromatic carbocycles. The Hall–Kier alpha value is -0.540. The predicted molar refractivity (Wildman–Crippen MR) is 74.2 cm³/mol. The first-order valence-corrected chi connectivity index (χ1v) is 7.32. The zero-order chi connectivity index (χ0) is 13.1. The van der Waals surface area contributed by atoms with Crippen LogP contribution in [0.15, 0.2) is 0 Å². The minimum absolute atomic E-state index is 0.0388. The summed E-state index contributed by atoms with van der Waals surface area (Å²) in [6, 6.07) is 0. The fourth-order valence-electron chi connectivity index (χ4n) is 2.84. The van der Waals surface area contributed by atoms with Crippen molar-refractivity contribution in [1.82, 2.24) is 9.78 Å². The molecule has 1 saturated heterocycles. The van der Waals surface area contributed by atoms with Crippen LogP contribution in [0.25, 0.3) is 0 Å². The molecule has 4 heteroatoms. The molecule has 1 aliphatic rings. The molecule has 0 radical (unpaired) electrons. The van der Waals surface area contributed by atoms with E-state index in [-0.39, 0.29) is 5.38 Å². The number of hydrogen-bond donors (Lipinski definition) is 0. The summed E-state index contributed by atoms with van der Waals surface area (Å²) in [6.45, 7) is 8.07. The highest BCUT2D eigenvalue weighted by molar-refractivity contribution is 6.20. The molecular weight excluding hydrogens is 248 g/mol. The van der Waals surface area contributed by atoms with E-state index in [1.807, 2.05) is 13.8 Å². The molecule has 1 aromatic heterocycles. The van der Waals surface area contributed by atoms with Crippen molar-refractivity contribution >= 4 is 11.6 Å². The second-order valence-electron chi connectivity index (χ2n) is 5.20. The van der Waals surface area contributed by atoms with Gasteiger partial charge in [0.15, 0.2) is 0 Å². The Balaban J connectivity index is 1.91. The number of halogens is 1. The van der Waals surface area contributed by atoms with Crippen molar-refractivity contribution in [3.8, 4) is 0 Å². The van der Waals surface area contributed by atoms with Crippen LogP contribution in [0.3, 0.4) is 0 Å². The summed E-state index contributed by atoms with van der Waals surface area (Å²) in [5.41, 5.74) is 3.46. The highest BCUT2D eigenvalue weighted by Gasteiger charge is 2.17. The zero-order valence-corrected chi connectivity index (χ0v) is 12.3. The van der Waals surface area contributed by atoms with Gasteiger partial charge in [-0.3, -0.25) is 4.68 Å². The molecule has 2 rings (SSSR count). The Morgan fingerprint density at radius 1 is 1.50 bits per heavy atom. The number of aryl methyl sites for hydroxylation is 2. The topological polar surface area (TPSA) is 27.1 Å². The lowest BCUT2D eigenvalue weighted by Crippen LogP contribution is -2.09. The number of rotatable bonds is 5. The maximum absolute atomic E-state index is 6.19. The van der Waals surface area contributed by atoms with E-state index in [1.165, 1.54) is 24.1 Å². The summed E-state index contributed by atoms with van der Waals surface area (Å²) in [5.74, 6) is 0. The van der Waals surface area contributed by atoms with Crippen molar-refractivity contribution in [2.24, 2.45) is 0 Å². The molecule has 0 N–H and O–H groups in total. The molecule has 3 nitrogen and oxygen atoms in total. The van der Waals surface area contributed by atoms with Crippen LogP contribution >= 0.6 is 11.6 Å². The first-order valence-electron chi connectivity index (χ1n) is 6.89. The van der Waals surface area contributed by atoms with Crippen LogP contribution in [0.5, 0.6) is 0 Å². The van der Waals surface area contributed by atoms with Crippen molar-refractivity contribution in [3.63, 3.8) is 0 Å². The van der Waals surface area contributed by atoms with Crippen molar-refractivity contribution in [1.29, 1.82) is 0 Å². The summed E-state index contributed by atoms with van der Waals surface area (Å²) in [6.07, 6.45) is 5.19. The summed E-state index contributed by atoms with van der Waals surface area (Å²) in [5, 5.41) is 4.63. The van der Waals surface area contributed by atoms with Gasteiger partial charge >= 0.3 is 0 Å². The van der Waals surface area contributed by atoms with Crippen LogP contribution in [0.4, 0.5) is 0 Å². The van der Waals surface area contributed by atoms with Gasteiger partial charge in [0.05, 0.1) is 17.2 Å². The van der Waals surface area contributed by atoms with E-state index >= 15 is 0 Å². The molecule has 1 aliphatic heterocycles. The van der Waals surface area contributed by atoms with Crippen molar-refractivity contribution in [3.05, 3.63) is 17.0 Å². The molecule has 1 aromatic rings. The lowest BCUT2D eigenvalue weighted by molar-refractivity contribution is 0.101. The quantitative estimate of drug-likeness (QED) is 0.762. The molecule has 0 spiro atoms. The van der Waals surface area contributed by atoms with E-state index < -0.39 is 0 Å². The van der Waals surface area contributed by atoms with Gasteiger partial charge < -0.3 is 4.74 Å². The molecule has 0 amide bonds. The second kappa shape index (κ2) is 6.07. The lowest BCUT2D eigenvalue weighted by atomic mass is 10.1. The Bertz CT molecular complexity index is 395. The van der Waals surface area contributed by atoms with Crippen LogP contribution in [-0.2, 0) is 11.3 Å². The van der Waals surface area contributed by atoms with E-state index in [0.717, 1.165) is 31.7 Å². The first kappa shape index (κ1) is 13.9. The molecule has 0 aliphatic carbocycles. The maximum Gasteiger partial charge on any atom is 0.0643 e. The zero-order valence-electron chi connectivity index (χ0n) is 11.6.